The van der Waals surface area contributed by atoms with Crippen molar-refractivity contribution in [1.29, 1.82) is 0 Å². The zero-order chi connectivity index (χ0) is 23.8. The first-order valence-electron chi connectivity index (χ1n) is 10.4. The van der Waals surface area contributed by atoms with Crippen molar-refractivity contribution >= 4 is 33.4 Å². The van der Waals surface area contributed by atoms with Crippen LogP contribution in [0.3, 0.4) is 0 Å². The lowest BCUT2D eigenvalue weighted by atomic mass is 10.1. The van der Waals surface area contributed by atoms with E-state index in [-0.39, 0.29) is 24.5 Å². The molecular formula is C22H26ClN3O6S. The molecule has 178 valence electrons. The van der Waals surface area contributed by atoms with Gasteiger partial charge in [-0.15, -0.1) is 0 Å². The molecule has 33 heavy (non-hydrogen) atoms. The van der Waals surface area contributed by atoms with E-state index in [4.69, 9.17) is 21.1 Å². The quantitative estimate of drug-likeness (QED) is 0.537. The van der Waals surface area contributed by atoms with Gasteiger partial charge >= 0.3 is 11.8 Å². The highest BCUT2D eigenvalue weighted by Crippen LogP contribution is 2.23. The van der Waals surface area contributed by atoms with Crippen LogP contribution in [0.25, 0.3) is 0 Å². The minimum atomic E-state index is -3.86. The molecule has 1 saturated heterocycles. The second-order valence-corrected chi connectivity index (χ2v) is 9.64. The van der Waals surface area contributed by atoms with Crippen molar-refractivity contribution in [3.63, 3.8) is 0 Å². The first-order chi connectivity index (χ1) is 15.8. The number of ether oxygens (including phenoxy) is 2. The van der Waals surface area contributed by atoms with Crippen LogP contribution in [0.15, 0.2) is 53.4 Å². The molecule has 1 aliphatic heterocycles. The fourth-order valence-electron chi connectivity index (χ4n) is 3.30. The van der Waals surface area contributed by atoms with Crippen LogP contribution in [-0.4, -0.2) is 64.1 Å². The van der Waals surface area contributed by atoms with Gasteiger partial charge in [-0.05, 0) is 54.8 Å². The standard InChI is InChI=1S/C22H26ClN3O6S/c1-31-18-7-9-19(10-8-18)33(29,30)26-13-2-14-32-20(26)15-25-22(28)21(27)24-12-11-16-3-5-17(23)6-4-16/h3-10,20H,2,11-15H2,1H3,(H,24,27)(H,25,28). The molecular weight excluding hydrogens is 470 g/mol. The Morgan fingerprint density at radius 1 is 1.09 bits per heavy atom. The van der Waals surface area contributed by atoms with Gasteiger partial charge in [0.25, 0.3) is 0 Å². The molecule has 0 saturated carbocycles. The summed E-state index contributed by atoms with van der Waals surface area (Å²) in [5.74, 6) is -1.12. The second-order valence-electron chi connectivity index (χ2n) is 7.31. The van der Waals surface area contributed by atoms with E-state index in [1.165, 1.54) is 23.5 Å². The minimum Gasteiger partial charge on any atom is -0.497 e. The molecule has 2 amide bonds. The number of rotatable bonds is 8. The molecule has 1 heterocycles. The zero-order valence-electron chi connectivity index (χ0n) is 18.1. The van der Waals surface area contributed by atoms with E-state index in [1.54, 1.807) is 24.3 Å². The smallest absolute Gasteiger partial charge is 0.309 e. The van der Waals surface area contributed by atoms with Crippen LogP contribution in [0.1, 0.15) is 12.0 Å². The number of hydrogen-bond acceptors (Lipinski definition) is 6. The molecule has 2 aromatic rings. The van der Waals surface area contributed by atoms with Gasteiger partial charge in [-0.1, -0.05) is 23.7 Å². The van der Waals surface area contributed by atoms with Gasteiger partial charge < -0.3 is 20.1 Å². The second kappa shape index (κ2) is 11.5. The monoisotopic (exact) mass is 495 g/mol. The van der Waals surface area contributed by atoms with E-state index < -0.39 is 28.1 Å². The molecule has 11 heteroatoms. The van der Waals surface area contributed by atoms with Crippen LogP contribution in [0.5, 0.6) is 5.75 Å². The highest BCUT2D eigenvalue weighted by Gasteiger charge is 2.35. The molecule has 2 N–H and O–H groups in total. The van der Waals surface area contributed by atoms with Crippen molar-refractivity contribution in [2.75, 3.05) is 33.4 Å². The normalized spacial score (nSPS) is 16.7. The van der Waals surface area contributed by atoms with E-state index in [1.807, 2.05) is 12.1 Å². The maximum atomic E-state index is 13.1. The Balaban J connectivity index is 1.53. The minimum absolute atomic E-state index is 0.0880. The summed E-state index contributed by atoms with van der Waals surface area (Å²) in [6.07, 6.45) is 0.137. The number of carbonyl (C=O) groups is 2. The van der Waals surface area contributed by atoms with Gasteiger partial charge in [0.15, 0.2) is 0 Å². The first-order valence-corrected chi connectivity index (χ1v) is 12.2. The Morgan fingerprint density at radius 3 is 2.42 bits per heavy atom. The third-order valence-electron chi connectivity index (χ3n) is 5.08. The maximum Gasteiger partial charge on any atom is 0.309 e. The fraction of sp³-hybridized carbons (Fsp3) is 0.364. The Kier molecular flexibility index (Phi) is 8.67. The number of nitrogens with zero attached hydrogens (tertiary/aromatic N) is 1. The Labute approximate surface area is 198 Å². The molecule has 2 aromatic carbocycles. The number of nitrogens with one attached hydrogen (secondary N) is 2. The largest absolute Gasteiger partial charge is 0.497 e. The molecule has 0 spiro atoms. The predicted molar refractivity (Wildman–Crippen MR) is 122 cm³/mol. The fourth-order valence-corrected chi connectivity index (χ4v) is 4.99. The van der Waals surface area contributed by atoms with Gasteiger partial charge in [-0.3, -0.25) is 9.59 Å². The molecule has 0 radical (unpaired) electrons. The van der Waals surface area contributed by atoms with Crippen molar-refractivity contribution in [1.82, 2.24) is 14.9 Å². The Bertz CT molecular complexity index is 1060. The van der Waals surface area contributed by atoms with Crippen molar-refractivity contribution < 1.29 is 27.5 Å². The van der Waals surface area contributed by atoms with Crippen molar-refractivity contribution in [2.24, 2.45) is 0 Å². The van der Waals surface area contributed by atoms with Gasteiger partial charge in [0.2, 0.25) is 10.0 Å². The van der Waals surface area contributed by atoms with E-state index in [0.29, 0.717) is 30.2 Å². The number of sulfonamides is 1. The first kappa shape index (κ1) is 25.0. The predicted octanol–water partition coefficient (Wildman–Crippen LogP) is 1.56. The molecule has 0 aliphatic carbocycles. The van der Waals surface area contributed by atoms with E-state index in [0.717, 1.165) is 5.56 Å². The maximum absolute atomic E-state index is 13.1. The summed E-state index contributed by atoms with van der Waals surface area (Å²) in [5.41, 5.74) is 0.968. The summed E-state index contributed by atoms with van der Waals surface area (Å²) >= 11 is 5.84. The average Bonchev–Trinajstić information content (AvgIpc) is 2.83. The third kappa shape index (κ3) is 6.67. The summed E-state index contributed by atoms with van der Waals surface area (Å²) in [4.78, 5) is 24.4. The zero-order valence-corrected chi connectivity index (χ0v) is 19.7. The molecule has 0 aromatic heterocycles. The lowest BCUT2D eigenvalue weighted by molar-refractivity contribution is -0.140. The Hall–Kier alpha value is -2.66. The van der Waals surface area contributed by atoms with Gasteiger partial charge in [0, 0.05) is 18.1 Å². The topological polar surface area (TPSA) is 114 Å². The van der Waals surface area contributed by atoms with Crippen LogP contribution < -0.4 is 15.4 Å². The highest BCUT2D eigenvalue weighted by molar-refractivity contribution is 7.89. The summed E-state index contributed by atoms with van der Waals surface area (Å²) in [6.45, 7) is 0.704. The van der Waals surface area contributed by atoms with Crippen LogP contribution >= 0.6 is 11.6 Å². The van der Waals surface area contributed by atoms with E-state index in [9.17, 15) is 18.0 Å². The number of carbonyl (C=O) groups excluding carboxylic acids is 2. The molecule has 1 aliphatic rings. The molecule has 9 nitrogen and oxygen atoms in total. The molecule has 0 bridgehead atoms. The van der Waals surface area contributed by atoms with E-state index in [2.05, 4.69) is 10.6 Å². The summed E-state index contributed by atoms with van der Waals surface area (Å²) in [5, 5.41) is 5.62. The molecule has 3 rings (SSSR count). The van der Waals surface area contributed by atoms with Crippen LogP contribution in [-0.2, 0) is 30.8 Å². The van der Waals surface area contributed by atoms with E-state index >= 15 is 0 Å². The molecule has 1 atom stereocenters. The van der Waals surface area contributed by atoms with Crippen LogP contribution in [0, 0.1) is 0 Å². The lowest BCUT2D eigenvalue weighted by Crippen LogP contribution is -2.53. The number of halogens is 1. The number of amides is 2. The molecule has 1 unspecified atom stereocenters. The lowest BCUT2D eigenvalue weighted by Gasteiger charge is -2.34. The number of benzene rings is 2. The van der Waals surface area contributed by atoms with Crippen molar-refractivity contribution in [3.05, 3.63) is 59.1 Å². The van der Waals surface area contributed by atoms with Crippen molar-refractivity contribution in [2.45, 2.75) is 24.0 Å². The third-order valence-corrected chi connectivity index (χ3v) is 7.23. The van der Waals surface area contributed by atoms with Gasteiger partial charge in [0.05, 0.1) is 25.2 Å². The number of methoxy groups -OCH3 is 1. The summed E-state index contributed by atoms with van der Waals surface area (Å²) < 4.78 is 38.0. The molecule has 1 fully saturated rings. The number of hydrogen-bond donors (Lipinski definition) is 2. The Morgan fingerprint density at radius 2 is 1.76 bits per heavy atom. The van der Waals surface area contributed by atoms with Gasteiger partial charge in [-0.25, -0.2) is 8.42 Å². The average molecular weight is 496 g/mol. The van der Waals surface area contributed by atoms with Gasteiger partial charge in [0.1, 0.15) is 12.0 Å². The van der Waals surface area contributed by atoms with Gasteiger partial charge in [-0.2, -0.15) is 4.31 Å². The van der Waals surface area contributed by atoms with Crippen molar-refractivity contribution in [3.8, 4) is 5.75 Å². The summed E-state index contributed by atoms with van der Waals surface area (Å²) in [7, 11) is -2.37. The summed E-state index contributed by atoms with van der Waals surface area (Å²) in [6, 6.07) is 13.2. The van der Waals surface area contributed by atoms with Crippen LogP contribution in [0.2, 0.25) is 5.02 Å². The van der Waals surface area contributed by atoms with Crippen LogP contribution in [0.4, 0.5) is 0 Å². The SMILES string of the molecule is COc1ccc(S(=O)(=O)N2CCCOC2CNC(=O)C(=O)NCCc2ccc(Cl)cc2)cc1. The highest BCUT2D eigenvalue weighted by atomic mass is 35.5.